The summed E-state index contributed by atoms with van der Waals surface area (Å²) in [6.45, 7) is 0.491. The molecule has 0 aliphatic heterocycles. The van der Waals surface area contributed by atoms with E-state index < -0.39 is 6.36 Å². The summed E-state index contributed by atoms with van der Waals surface area (Å²) >= 11 is 1.43. The van der Waals surface area contributed by atoms with Gasteiger partial charge in [0.25, 0.3) is 0 Å². The molecule has 0 aliphatic carbocycles. The third kappa shape index (κ3) is 4.87. The van der Waals surface area contributed by atoms with E-state index in [9.17, 15) is 13.2 Å². The first-order valence-electron chi connectivity index (χ1n) is 9.03. The van der Waals surface area contributed by atoms with E-state index in [1.54, 1.807) is 18.2 Å². The molecule has 4 aromatic rings. The van der Waals surface area contributed by atoms with Gasteiger partial charge in [-0.2, -0.15) is 0 Å². The van der Waals surface area contributed by atoms with Gasteiger partial charge in [0.15, 0.2) is 0 Å². The van der Waals surface area contributed by atoms with Gasteiger partial charge in [-0.3, -0.25) is 0 Å². The van der Waals surface area contributed by atoms with Gasteiger partial charge in [0.1, 0.15) is 17.9 Å². The highest BCUT2D eigenvalue weighted by atomic mass is 32.1. The topological polar surface area (TPSA) is 73.1 Å². The molecule has 5 nitrogen and oxygen atoms in total. The van der Waals surface area contributed by atoms with E-state index in [1.807, 2.05) is 30.3 Å². The number of thiophene rings is 1. The highest BCUT2D eigenvalue weighted by Crippen LogP contribution is 2.36. The van der Waals surface area contributed by atoms with Crippen molar-refractivity contribution < 1.29 is 17.9 Å². The summed E-state index contributed by atoms with van der Waals surface area (Å²) in [7, 11) is 0. The quantitative estimate of drug-likeness (QED) is 0.430. The summed E-state index contributed by atoms with van der Waals surface area (Å²) in [6, 6.07) is 17.4. The van der Waals surface area contributed by atoms with Gasteiger partial charge in [-0.1, -0.05) is 30.3 Å². The van der Waals surface area contributed by atoms with E-state index in [0.29, 0.717) is 23.4 Å². The molecule has 3 N–H and O–H groups in total. The lowest BCUT2D eigenvalue weighted by Crippen LogP contribution is -2.20. The lowest BCUT2D eigenvalue weighted by molar-refractivity contribution is -0.274. The predicted octanol–water partition coefficient (Wildman–Crippen LogP) is 5.37. The van der Waals surface area contributed by atoms with Gasteiger partial charge in [-0.25, -0.2) is 9.97 Å². The van der Waals surface area contributed by atoms with Crippen molar-refractivity contribution in [3.63, 3.8) is 0 Å². The number of fused-ring (bicyclic) bond motifs is 1. The Morgan fingerprint density at radius 3 is 2.60 bits per heavy atom. The van der Waals surface area contributed by atoms with E-state index in [-0.39, 0.29) is 11.8 Å². The number of hydrogen-bond donors (Lipinski definition) is 2. The third-order valence-electron chi connectivity index (χ3n) is 4.37. The zero-order chi connectivity index (χ0) is 21.1. The maximum absolute atomic E-state index is 12.4. The SMILES string of the molecule is NC(CNc1cc(-c2cc3cc(OC(F)(F)F)ccc3s2)ncn1)c1ccccc1. The van der Waals surface area contributed by atoms with Crippen LogP contribution in [0.3, 0.4) is 0 Å². The Bertz CT molecular complexity index is 1150. The number of halogens is 3. The molecule has 2 aromatic carbocycles. The first-order chi connectivity index (χ1) is 14.4. The first kappa shape index (κ1) is 20.1. The van der Waals surface area contributed by atoms with E-state index in [4.69, 9.17) is 5.73 Å². The number of aromatic nitrogens is 2. The molecule has 30 heavy (non-hydrogen) atoms. The number of nitrogens with two attached hydrogens (primary N) is 1. The smallest absolute Gasteiger partial charge is 0.406 e. The molecule has 0 fully saturated rings. The van der Waals surface area contributed by atoms with Crippen LogP contribution in [0.25, 0.3) is 20.7 Å². The van der Waals surface area contributed by atoms with Crippen LogP contribution in [0.15, 0.2) is 67.0 Å². The molecular weight excluding hydrogens is 413 g/mol. The van der Waals surface area contributed by atoms with Crippen LogP contribution in [-0.4, -0.2) is 22.9 Å². The zero-order valence-electron chi connectivity index (χ0n) is 15.6. The van der Waals surface area contributed by atoms with Crippen LogP contribution >= 0.6 is 11.3 Å². The van der Waals surface area contributed by atoms with Crippen molar-refractivity contribution in [2.75, 3.05) is 11.9 Å². The van der Waals surface area contributed by atoms with Gasteiger partial charge < -0.3 is 15.8 Å². The molecule has 0 saturated carbocycles. The number of rotatable bonds is 6. The molecule has 1 atom stereocenters. The fourth-order valence-electron chi connectivity index (χ4n) is 2.97. The molecule has 0 aliphatic rings. The Morgan fingerprint density at radius 1 is 1.03 bits per heavy atom. The van der Waals surface area contributed by atoms with Gasteiger partial charge in [0.2, 0.25) is 0 Å². The van der Waals surface area contributed by atoms with Crippen LogP contribution in [-0.2, 0) is 0 Å². The van der Waals surface area contributed by atoms with Crippen molar-refractivity contribution in [2.24, 2.45) is 5.73 Å². The first-order valence-corrected chi connectivity index (χ1v) is 9.85. The maximum atomic E-state index is 12.4. The molecular formula is C21H17F3N4OS. The van der Waals surface area contributed by atoms with E-state index in [1.165, 1.54) is 29.8 Å². The van der Waals surface area contributed by atoms with Crippen LogP contribution < -0.4 is 15.8 Å². The van der Waals surface area contributed by atoms with Crippen LogP contribution in [0.2, 0.25) is 0 Å². The molecule has 2 heterocycles. The van der Waals surface area contributed by atoms with Gasteiger partial charge in [-0.05, 0) is 35.2 Å². The monoisotopic (exact) mass is 430 g/mol. The zero-order valence-corrected chi connectivity index (χ0v) is 16.4. The molecule has 154 valence electrons. The summed E-state index contributed by atoms with van der Waals surface area (Å²) in [5.41, 5.74) is 7.89. The maximum Gasteiger partial charge on any atom is 0.573 e. The number of ether oxygens (including phenoxy) is 1. The molecule has 0 saturated heterocycles. The van der Waals surface area contributed by atoms with Crippen molar-refractivity contribution in [1.82, 2.24) is 9.97 Å². The number of alkyl halides is 3. The molecule has 0 bridgehead atoms. The minimum atomic E-state index is -4.72. The summed E-state index contributed by atoms with van der Waals surface area (Å²) in [5, 5.41) is 3.85. The summed E-state index contributed by atoms with van der Waals surface area (Å²) < 4.78 is 42.1. The van der Waals surface area contributed by atoms with Crippen molar-refractivity contribution in [2.45, 2.75) is 12.4 Å². The van der Waals surface area contributed by atoms with Crippen LogP contribution in [0, 0.1) is 0 Å². The molecule has 1 unspecified atom stereocenters. The van der Waals surface area contributed by atoms with Gasteiger partial charge in [-0.15, -0.1) is 24.5 Å². The van der Waals surface area contributed by atoms with Gasteiger partial charge in [0.05, 0.1) is 10.6 Å². The number of anilines is 1. The average Bonchev–Trinajstić information content (AvgIpc) is 3.15. The van der Waals surface area contributed by atoms with Crippen LogP contribution in [0.5, 0.6) is 5.75 Å². The Balaban J connectivity index is 1.51. The second-order valence-electron chi connectivity index (χ2n) is 6.54. The van der Waals surface area contributed by atoms with Crippen molar-refractivity contribution in [1.29, 1.82) is 0 Å². The molecule has 4 rings (SSSR count). The third-order valence-corrected chi connectivity index (χ3v) is 5.51. The van der Waals surface area contributed by atoms with Crippen molar-refractivity contribution in [3.05, 3.63) is 72.6 Å². The number of nitrogens with zero attached hydrogens (tertiary/aromatic N) is 2. The molecule has 0 spiro atoms. The van der Waals surface area contributed by atoms with E-state index >= 15 is 0 Å². The summed E-state index contributed by atoms with van der Waals surface area (Å²) in [4.78, 5) is 9.32. The fraction of sp³-hybridized carbons (Fsp3) is 0.143. The van der Waals surface area contributed by atoms with Crippen LogP contribution in [0.4, 0.5) is 19.0 Å². The summed E-state index contributed by atoms with van der Waals surface area (Å²) in [5.74, 6) is 0.365. The van der Waals surface area contributed by atoms with Crippen LogP contribution in [0.1, 0.15) is 11.6 Å². The number of nitrogens with one attached hydrogen (secondary N) is 1. The minimum Gasteiger partial charge on any atom is -0.406 e. The standard InChI is InChI=1S/C21H17F3N4OS/c22-21(23,24)29-15-6-7-18-14(8-15)9-19(30-18)17-10-20(28-12-27-17)26-11-16(25)13-4-2-1-3-5-13/h1-10,12,16H,11,25H2,(H,26,27,28). The van der Waals surface area contributed by atoms with E-state index in [0.717, 1.165) is 15.1 Å². The molecule has 9 heteroatoms. The van der Waals surface area contributed by atoms with Crippen molar-refractivity contribution >= 4 is 27.2 Å². The molecule has 2 aromatic heterocycles. The van der Waals surface area contributed by atoms with Gasteiger partial charge >= 0.3 is 6.36 Å². The van der Waals surface area contributed by atoms with Gasteiger partial charge in [0, 0.05) is 23.4 Å². The van der Waals surface area contributed by atoms with E-state index in [2.05, 4.69) is 20.0 Å². The number of hydrogen-bond acceptors (Lipinski definition) is 6. The lowest BCUT2D eigenvalue weighted by Gasteiger charge is -2.13. The normalized spacial score (nSPS) is 12.7. The van der Waals surface area contributed by atoms with Crippen molar-refractivity contribution in [3.8, 4) is 16.3 Å². The fourth-order valence-corrected chi connectivity index (χ4v) is 3.98. The highest BCUT2D eigenvalue weighted by molar-refractivity contribution is 7.22. The Morgan fingerprint density at radius 2 is 1.83 bits per heavy atom. The second-order valence-corrected chi connectivity index (χ2v) is 7.63. The molecule has 0 radical (unpaired) electrons. The molecule has 0 amide bonds. The predicted molar refractivity (Wildman–Crippen MR) is 111 cm³/mol. The largest absolute Gasteiger partial charge is 0.573 e. The lowest BCUT2D eigenvalue weighted by atomic mass is 10.1. The minimum absolute atomic E-state index is 0.194. The Kier molecular flexibility index (Phi) is 5.56. The highest BCUT2D eigenvalue weighted by Gasteiger charge is 2.31. The Labute approximate surface area is 174 Å². The second kappa shape index (κ2) is 8.29. The summed E-state index contributed by atoms with van der Waals surface area (Å²) in [6.07, 6.45) is -3.28. The number of benzene rings is 2. The Hall–Kier alpha value is -3.17. The average molecular weight is 430 g/mol.